The maximum absolute atomic E-state index is 13.0. The van der Waals surface area contributed by atoms with Crippen molar-refractivity contribution in [3.8, 4) is 11.5 Å². The van der Waals surface area contributed by atoms with E-state index in [1.807, 2.05) is 13.0 Å². The minimum absolute atomic E-state index is 0.0645. The van der Waals surface area contributed by atoms with Crippen LogP contribution >= 0.6 is 23.1 Å². The normalized spacial score (nSPS) is 15.5. The van der Waals surface area contributed by atoms with Crippen LogP contribution in [0.3, 0.4) is 0 Å². The summed E-state index contributed by atoms with van der Waals surface area (Å²) in [7, 11) is 1.61. The topological polar surface area (TPSA) is 107 Å². The van der Waals surface area contributed by atoms with Crippen LogP contribution in [0.25, 0.3) is 0 Å². The predicted molar refractivity (Wildman–Crippen MR) is 138 cm³/mol. The van der Waals surface area contributed by atoms with Crippen LogP contribution < -0.4 is 14.8 Å². The molecule has 2 N–H and O–H groups in total. The lowest BCUT2D eigenvalue weighted by molar-refractivity contribution is -0.136. The first-order chi connectivity index (χ1) is 16.9. The number of rotatable bonds is 14. The number of hydrogen-bond acceptors (Lipinski definition) is 8. The number of allylic oxidation sites excluding steroid dienone is 4. The van der Waals surface area contributed by atoms with E-state index >= 15 is 0 Å². The fourth-order valence-electron chi connectivity index (χ4n) is 3.32. The Kier molecular flexibility index (Phi) is 10.6. The van der Waals surface area contributed by atoms with Crippen molar-refractivity contribution in [3.05, 3.63) is 54.3 Å². The first-order valence-corrected chi connectivity index (χ1v) is 13.1. The number of thiazole rings is 1. The number of aliphatic carboxylic acids is 1. The van der Waals surface area contributed by atoms with Crippen LogP contribution in [0.4, 0.5) is 5.13 Å². The number of carbonyl (C=O) groups excluding carboxylic acids is 1. The Hall–Kier alpha value is -2.82. The minimum atomic E-state index is -0.845. The molecule has 10 heteroatoms. The largest absolute Gasteiger partial charge is 0.493 e. The first kappa shape index (κ1) is 26.8. The minimum Gasteiger partial charge on any atom is -0.493 e. The molecule has 8 nitrogen and oxygen atoms in total. The summed E-state index contributed by atoms with van der Waals surface area (Å²) in [5.41, 5.74) is 0.387. The lowest BCUT2D eigenvalue weighted by Gasteiger charge is -2.17. The summed E-state index contributed by atoms with van der Waals surface area (Å²) in [6, 6.07) is 5.13. The number of nitrogens with zero attached hydrogens (tertiary/aromatic N) is 1. The van der Waals surface area contributed by atoms with Crippen molar-refractivity contribution in [1.29, 1.82) is 0 Å². The molecule has 3 rings (SSSR count). The van der Waals surface area contributed by atoms with E-state index in [2.05, 4.69) is 28.5 Å². The summed E-state index contributed by atoms with van der Waals surface area (Å²) in [5.74, 6) is 0.770. The highest BCUT2D eigenvalue weighted by Gasteiger charge is 2.15. The molecule has 2 aromatic rings. The maximum Gasteiger partial charge on any atom is 0.304 e. The fraction of sp³-hybridized carbons (Fsp3) is 0.400. The molecule has 1 heterocycles. The second-order valence-corrected chi connectivity index (χ2v) is 10.4. The highest BCUT2D eigenvalue weighted by molar-refractivity contribution is 8.01. The number of anilines is 1. The van der Waals surface area contributed by atoms with Gasteiger partial charge in [0, 0.05) is 24.5 Å². The third kappa shape index (κ3) is 9.39. The van der Waals surface area contributed by atoms with Crippen molar-refractivity contribution < 1.29 is 28.9 Å². The Morgan fingerprint density at radius 2 is 2.11 bits per heavy atom. The Balaban J connectivity index is 1.66. The molecule has 0 bridgehead atoms. The van der Waals surface area contributed by atoms with Gasteiger partial charge in [0.15, 0.2) is 5.13 Å². The van der Waals surface area contributed by atoms with Gasteiger partial charge in [-0.2, -0.15) is 0 Å². The Morgan fingerprint density at radius 1 is 1.29 bits per heavy atom. The zero-order valence-corrected chi connectivity index (χ0v) is 21.4. The molecule has 188 valence electrons. The first-order valence-electron chi connectivity index (χ1n) is 11.3. The predicted octanol–water partition coefficient (Wildman–Crippen LogP) is 5.28. The molecule has 1 aromatic carbocycles. The fourth-order valence-corrected chi connectivity index (χ4v) is 5.19. The molecule has 0 saturated carbocycles. The van der Waals surface area contributed by atoms with Crippen molar-refractivity contribution in [2.75, 3.05) is 31.4 Å². The van der Waals surface area contributed by atoms with Crippen molar-refractivity contribution >= 4 is 40.1 Å². The van der Waals surface area contributed by atoms with Gasteiger partial charge in [0.05, 0.1) is 30.0 Å². The van der Waals surface area contributed by atoms with Gasteiger partial charge in [0.2, 0.25) is 0 Å². The number of aromatic nitrogens is 1. The Labute approximate surface area is 213 Å². The van der Waals surface area contributed by atoms with E-state index < -0.39 is 5.97 Å². The molecule has 2 atom stereocenters. The molecule has 0 radical (unpaired) electrons. The van der Waals surface area contributed by atoms with E-state index in [-0.39, 0.29) is 18.4 Å². The summed E-state index contributed by atoms with van der Waals surface area (Å²) in [6.07, 6.45) is 11.8. The molecule has 0 spiro atoms. The highest BCUT2D eigenvalue weighted by atomic mass is 32.2. The van der Waals surface area contributed by atoms with Crippen LogP contribution in [-0.4, -0.2) is 54.1 Å². The third-order valence-corrected chi connectivity index (χ3v) is 7.08. The molecule has 1 aliphatic carbocycles. The third-order valence-electron chi connectivity index (χ3n) is 4.97. The van der Waals surface area contributed by atoms with Gasteiger partial charge in [0.25, 0.3) is 5.91 Å². The number of carboxylic acids is 1. The molecule has 1 unspecified atom stereocenters. The van der Waals surface area contributed by atoms with E-state index in [1.165, 1.54) is 23.1 Å². The standard InChI is InChI=1S/C25H30N2O6S2/c1-17(16-31-2)33-21-13-19(12-20(14-21)32-10-8-18-6-4-3-5-7-18)24(30)27-25-26-15-23(35-25)34-11-9-22(28)29/h3-6,12-15,17-18H,7-11,16H2,1-2H3,(H,28,29)(H,26,27,30)/t17-,18?/m0/s1. The van der Waals surface area contributed by atoms with Crippen LogP contribution in [0.2, 0.25) is 0 Å². The van der Waals surface area contributed by atoms with Crippen molar-refractivity contribution in [2.24, 2.45) is 5.92 Å². The number of amides is 1. The highest BCUT2D eigenvalue weighted by Crippen LogP contribution is 2.30. The Morgan fingerprint density at radius 3 is 2.86 bits per heavy atom. The molecular weight excluding hydrogens is 488 g/mol. The van der Waals surface area contributed by atoms with Crippen molar-refractivity contribution in [2.45, 2.75) is 36.5 Å². The number of ether oxygens (including phenoxy) is 3. The van der Waals surface area contributed by atoms with Gasteiger partial charge >= 0.3 is 5.97 Å². The number of thioether (sulfide) groups is 1. The van der Waals surface area contributed by atoms with Gasteiger partial charge in [-0.25, -0.2) is 4.98 Å². The average Bonchev–Trinajstić information content (AvgIpc) is 3.26. The SMILES string of the molecule is COC[C@H](C)Oc1cc(OCCC2C=CC=CC2)cc(C(=O)Nc2ncc(SCCC(=O)O)s2)c1. The van der Waals surface area contributed by atoms with E-state index in [1.54, 1.807) is 31.5 Å². The maximum atomic E-state index is 13.0. The lowest BCUT2D eigenvalue weighted by atomic mass is 9.98. The molecule has 0 saturated heterocycles. The average molecular weight is 519 g/mol. The number of carbonyl (C=O) groups is 2. The van der Waals surface area contributed by atoms with E-state index in [9.17, 15) is 9.59 Å². The molecular formula is C25H30N2O6S2. The number of hydrogen-bond donors (Lipinski definition) is 2. The van der Waals surface area contributed by atoms with E-state index in [4.69, 9.17) is 19.3 Å². The summed E-state index contributed by atoms with van der Waals surface area (Å²) in [6.45, 7) is 2.82. The summed E-state index contributed by atoms with van der Waals surface area (Å²) in [4.78, 5) is 27.9. The van der Waals surface area contributed by atoms with Crippen molar-refractivity contribution in [3.63, 3.8) is 0 Å². The lowest BCUT2D eigenvalue weighted by Crippen LogP contribution is -2.19. The molecule has 0 fully saturated rings. The summed E-state index contributed by atoms with van der Waals surface area (Å²) < 4.78 is 17.9. The van der Waals surface area contributed by atoms with Crippen LogP contribution in [0.1, 0.15) is 36.5 Å². The van der Waals surface area contributed by atoms with Gasteiger partial charge in [-0.15, -0.1) is 11.8 Å². The van der Waals surface area contributed by atoms with Crippen molar-refractivity contribution in [1.82, 2.24) is 4.98 Å². The van der Waals surface area contributed by atoms with Crippen LogP contribution in [-0.2, 0) is 9.53 Å². The van der Waals surface area contributed by atoms with Gasteiger partial charge < -0.3 is 19.3 Å². The molecule has 1 amide bonds. The van der Waals surface area contributed by atoms with Gasteiger partial charge in [-0.1, -0.05) is 35.6 Å². The van der Waals surface area contributed by atoms with Crippen LogP contribution in [0.5, 0.6) is 11.5 Å². The monoisotopic (exact) mass is 518 g/mol. The van der Waals surface area contributed by atoms with Crippen LogP contribution in [0.15, 0.2) is 52.9 Å². The Bertz CT molecular complexity index is 1050. The van der Waals surface area contributed by atoms with E-state index in [0.717, 1.165) is 17.1 Å². The van der Waals surface area contributed by atoms with Gasteiger partial charge in [-0.3, -0.25) is 14.9 Å². The zero-order valence-electron chi connectivity index (χ0n) is 19.8. The number of benzene rings is 1. The number of carboxylic acid groups (broad SMARTS) is 1. The summed E-state index contributed by atoms with van der Waals surface area (Å²) in [5, 5.41) is 12.0. The van der Waals surface area contributed by atoms with Crippen LogP contribution in [0, 0.1) is 5.92 Å². The second kappa shape index (κ2) is 13.9. The number of methoxy groups -OCH3 is 1. The molecule has 35 heavy (non-hydrogen) atoms. The number of nitrogens with one attached hydrogen (secondary N) is 1. The zero-order chi connectivity index (χ0) is 25.0. The van der Waals surface area contributed by atoms with Gasteiger partial charge in [-0.05, 0) is 37.8 Å². The smallest absolute Gasteiger partial charge is 0.304 e. The summed E-state index contributed by atoms with van der Waals surface area (Å²) >= 11 is 2.69. The molecule has 0 aliphatic heterocycles. The van der Waals surface area contributed by atoms with E-state index in [0.29, 0.717) is 47.1 Å². The molecule has 1 aliphatic rings. The molecule has 1 aromatic heterocycles. The second-order valence-electron chi connectivity index (χ2n) is 7.95. The van der Waals surface area contributed by atoms with Gasteiger partial charge in [0.1, 0.15) is 17.6 Å². The quantitative estimate of drug-likeness (QED) is 0.326.